The van der Waals surface area contributed by atoms with Crippen LogP contribution in [0.1, 0.15) is 5.56 Å². The second kappa shape index (κ2) is 8.51. The zero-order valence-electron chi connectivity index (χ0n) is 15.5. The summed E-state index contributed by atoms with van der Waals surface area (Å²) < 4.78 is 5.55. The van der Waals surface area contributed by atoms with E-state index in [1.807, 2.05) is 49.3 Å². The molecule has 0 unspecified atom stereocenters. The van der Waals surface area contributed by atoms with E-state index in [-0.39, 0.29) is 18.4 Å². The Morgan fingerprint density at radius 2 is 2.00 bits per heavy atom. The third kappa shape index (κ3) is 4.95. The van der Waals surface area contributed by atoms with Crippen LogP contribution in [-0.2, 0) is 9.59 Å². The van der Waals surface area contributed by atoms with Gasteiger partial charge in [-0.15, -0.1) is 0 Å². The molecule has 2 amide bonds. The SMILES string of the molecule is CN(C)CCN1C(=O)COc2cc(NC(=O)/C=C/c3ccccc3)ccc21. The van der Waals surface area contributed by atoms with Gasteiger partial charge in [0.1, 0.15) is 5.75 Å². The molecule has 0 saturated heterocycles. The standard InChI is InChI=1S/C21H23N3O3/c1-23(2)12-13-24-18-10-9-17(14-19(18)27-15-21(24)26)22-20(25)11-8-16-6-4-3-5-7-16/h3-11,14H,12-13,15H2,1-2H3,(H,22,25)/b11-8+. The number of amides is 2. The second-order valence-electron chi connectivity index (χ2n) is 6.55. The quantitative estimate of drug-likeness (QED) is 0.800. The van der Waals surface area contributed by atoms with Crippen LogP contribution in [-0.4, -0.2) is 50.5 Å². The molecule has 0 fully saturated rings. The van der Waals surface area contributed by atoms with Crippen molar-refractivity contribution in [3.63, 3.8) is 0 Å². The summed E-state index contributed by atoms with van der Waals surface area (Å²) in [7, 11) is 3.93. The first-order valence-corrected chi connectivity index (χ1v) is 8.79. The van der Waals surface area contributed by atoms with Crippen molar-refractivity contribution < 1.29 is 14.3 Å². The number of nitrogens with one attached hydrogen (secondary N) is 1. The predicted octanol–water partition coefficient (Wildman–Crippen LogP) is 2.63. The average molecular weight is 365 g/mol. The van der Waals surface area contributed by atoms with E-state index in [9.17, 15) is 9.59 Å². The highest BCUT2D eigenvalue weighted by Crippen LogP contribution is 2.34. The van der Waals surface area contributed by atoms with Gasteiger partial charge in [-0.3, -0.25) is 9.59 Å². The van der Waals surface area contributed by atoms with Gasteiger partial charge in [-0.05, 0) is 37.9 Å². The average Bonchev–Trinajstić information content (AvgIpc) is 2.66. The number of fused-ring (bicyclic) bond motifs is 1. The van der Waals surface area contributed by atoms with Gasteiger partial charge in [-0.1, -0.05) is 30.3 Å². The molecule has 2 aromatic rings. The van der Waals surface area contributed by atoms with Gasteiger partial charge in [-0.2, -0.15) is 0 Å². The number of anilines is 2. The van der Waals surface area contributed by atoms with E-state index in [4.69, 9.17) is 4.74 Å². The van der Waals surface area contributed by atoms with Gasteiger partial charge in [0.25, 0.3) is 5.91 Å². The zero-order chi connectivity index (χ0) is 19.2. The van der Waals surface area contributed by atoms with Crippen molar-refractivity contribution >= 4 is 29.3 Å². The Labute approximate surface area is 159 Å². The van der Waals surface area contributed by atoms with Gasteiger partial charge in [0.15, 0.2) is 6.61 Å². The lowest BCUT2D eigenvalue weighted by atomic mass is 10.2. The van der Waals surface area contributed by atoms with Crippen LogP contribution in [0.2, 0.25) is 0 Å². The molecule has 0 radical (unpaired) electrons. The summed E-state index contributed by atoms with van der Waals surface area (Å²) in [5, 5.41) is 2.82. The number of carbonyl (C=O) groups is 2. The molecule has 2 aromatic carbocycles. The maximum atomic E-state index is 12.2. The van der Waals surface area contributed by atoms with Gasteiger partial charge in [0.2, 0.25) is 5.91 Å². The van der Waals surface area contributed by atoms with Crippen LogP contribution in [0.5, 0.6) is 5.75 Å². The van der Waals surface area contributed by atoms with Crippen molar-refractivity contribution in [3.05, 3.63) is 60.2 Å². The molecule has 27 heavy (non-hydrogen) atoms. The summed E-state index contributed by atoms with van der Waals surface area (Å²) in [5.41, 5.74) is 2.31. The molecule has 6 nitrogen and oxygen atoms in total. The number of carbonyl (C=O) groups excluding carboxylic acids is 2. The Morgan fingerprint density at radius 3 is 2.74 bits per heavy atom. The minimum absolute atomic E-state index is 0.00569. The third-order valence-electron chi connectivity index (χ3n) is 4.17. The summed E-state index contributed by atoms with van der Waals surface area (Å²) in [5.74, 6) is 0.306. The Morgan fingerprint density at radius 1 is 1.22 bits per heavy atom. The number of likely N-dealkylation sites (N-methyl/N-ethyl adjacent to an activating group) is 1. The van der Waals surface area contributed by atoms with Crippen molar-refractivity contribution in [2.75, 3.05) is 44.0 Å². The Bertz CT molecular complexity index is 847. The fraction of sp³-hybridized carbons (Fsp3) is 0.238. The first-order chi connectivity index (χ1) is 13.0. The van der Waals surface area contributed by atoms with Crippen LogP contribution in [0, 0.1) is 0 Å². The summed E-state index contributed by atoms with van der Waals surface area (Å²) in [6.07, 6.45) is 3.24. The van der Waals surface area contributed by atoms with Crippen LogP contribution < -0.4 is 15.0 Å². The van der Waals surface area contributed by atoms with E-state index in [0.717, 1.165) is 17.8 Å². The zero-order valence-corrected chi connectivity index (χ0v) is 15.5. The smallest absolute Gasteiger partial charge is 0.265 e. The van der Waals surface area contributed by atoms with Crippen LogP contribution in [0.25, 0.3) is 6.08 Å². The number of nitrogens with zero attached hydrogens (tertiary/aromatic N) is 2. The number of hydrogen-bond acceptors (Lipinski definition) is 4. The molecule has 1 N–H and O–H groups in total. The minimum Gasteiger partial charge on any atom is -0.481 e. The van der Waals surface area contributed by atoms with Crippen LogP contribution in [0.4, 0.5) is 11.4 Å². The molecule has 1 aliphatic rings. The fourth-order valence-corrected chi connectivity index (χ4v) is 2.75. The summed E-state index contributed by atoms with van der Waals surface area (Å²) in [6, 6.07) is 14.9. The Balaban J connectivity index is 1.69. The molecule has 1 heterocycles. The maximum absolute atomic E-state index is 12.2. The van der Waals surface area contributed by atoms with E-state index < -0.39 is 0 Å². The van der Waals surface area contributed by atoms with Gasteiger partial charge in [0, 0.05) is 30.9 Å². The van der Waals surface area contributed by atoms with E-state index in [2.05, 4.69) is 5.32 Å². The topological polar surface area (TPSA) is 61.9 Å². The van der Waals surface area contributed by atoms with Crippen LogP contribution in [0.15, 0.2) is 54.6 Å². The molecule has 140 valence electrons. The lowest BCUT2D eigenvalue weighted by molar-refractivity contribution is -0.121. The van der Waals surface area contributed by atoms with Crippen molar-refractivity contribution in [1.29, 1.82) is 0 Å². The monoisotopic (exact) mass is 365 g/mol. The van der Waals surface area contributed by atoms with Gasteiger partial charge >= 0.3 is 0 Å². The normalized spacial score (nSPS) is 13.6. The van der Waals surface area contributed by atoms with E-state index >= 15 is 0 Å². The van der Waals surface area contributed by atoms with Gasteiger partial charge in [0.05, 0.1) is 5.69 Å². The van der Waals surface area contributed by atoms with E-state index in [0.29, 0.717) is 18.0 Å². The molecule has 0 saturated carbocycles. The van der Waals surface area contributed by atoms with Gasteiger partial charge in [-0.25, -0.2) is 0 Å². The van der Waals surface area contributed by atoms with Crippen molar-refractivity contribution in [3.8, 4) is 5.75 Å². The Hall–Kier alpha value is -3.12. The minimum atomic E-state index is -0.227. The summed E-state index contributed by atoms with van der Waals surface area (Å²) >= 11 is 0. The largest absolute Gasteiger partial charge is 0.481 e. The number of benzene rings is 2. The third-order valence-corrected chi connectivity index (χ3v) is 4.17. The van der Waals surface area contributed by atoms with Crippen LogP contribution >= 0.6 is 0 Å². The van der Waals surface area contributed by atoms with E-state index in [1.54, 1.807) is 29.2 Å². The molecule has 3 rings (SSSR count). The molecule has 6 heteroatoms. The molecule has 0 bridgehead atoms. The molecule has 0 aliphatic carbocycles. The predicted molar refractivity (Wildman–Crippen MR) is 107 cm³/mol. The number of ether oxygens (including phenoxy) is 1. The number of rotatable bonds is 6. The first-order valence-electron chi connectivity index (χ1n) is 8.79. The van der Waals surface area contributed by atoms with Gasteiger partial charge < -0.3 is 19.9 Å². The lowest BCUT2D eigenvalue weighted by Crippen LogP contribution is -2.42. The van der Waals surface area contributed by atoms with E-state index in [1.165, 1.54) is 6.08 Å². The highest BCUT2D eigenvalue weighted by Gasteiger charge is 2.25. The van der Waals surface area contributed by atoms with Crippen molar-refractivity contribution in [2.24, 2.45) is 0 Å². The first kappa shape index (κ1) is 18.7. The molecular weight excluding hydrogens is 342 g/mol. The molecular formula is C21H23N3O3. The summed E-state index contributed by atoms with van der Waals surface area (Å²) in [6.45, 7) is 1.35. The summed E-state index contributed by atoms with van der Waals surface area (Å²) in [4.78, 5) is 28.0. The van der Waals surface area contributed by atoms with Crippen molar-refractivity contribution in [2.45, 2.75) is 0 Å². The highest BCUT2D eigenvalue weighted by molar-refractivity contribution is 6.03. The molecule has 0 aromatic heterocycles. The van der Waals surface area contributed by atoms with Crippen LogP contribution in [0.3, 0.4) is 0 Å². The molecule has 0 atom stereocenters. The van der Waals surface area contributed by atoms with Crippen molar-refractivity contribution in [1.82, 2.24) is 4.90 Å². The fourth-order valence-electron chi connectivity index (χ4n) is 2.75. The Kier molecular flexibility index (Phi) is 5.88. The maximum Gasteiger partial charge on any atom is 0.265 e. The highest BCUT2D eigenvalue weighted by atomic mass is 16.5. The molecule has 1 aliphatic heterocycles. The second-order valence-corrected chi connectivity index (χ2v) is 6.55. The number of hydrogen-bond donors (Lipinski definition) is 1. The molecule has 0 spiro atoms. The lowest BCUT2D eigenvalue weighted by Gasteiger charge is -2.30.